The van der Waals surface area contributed by atoms with Gasteiger partial charge < -0.3 is 9.73 Å². The van der Waals surface area contributed by atoms with E-state index in [1.165, 1.54) is 9.13 Å². The lowest BCUT2D eigenvalue weighted by Gasteiger charge is -2.17. The molecule has 0 aliphatic heterocycles. The highest BCUT2D eigenvalue weighted by atomic mass is 127. The first kappa shape index (κ1) is 14.9. The third-order valence-electron chi connectivity index (χ3n) is 3.02. The van der Waals surface area contributed by atoms with Gasteiger partial charge in [0, 0.05) is 15.2 Å². The van der Waals surface area contributed by atoms with Crippen LogP contribution in [0.25, 0.3) is 0 Å². The molecule has 0 bridgehead atoms. The summed E-state index contributed by atoms with van der Waals surface area (Å²) in [6, 6.07) is 10.7. The van der Waals surface area contributed by atoms with E-state index in [1.807, 2.05) is 6.07 Å². The summed E-state index contributed by atoms with van der Waals surface area (Å²) in [4.78, 5) is 0. The number of hydrogen-bond donors (Lipinski definition) is 1. The highest BCUT2D eigenvalue weighted by molar-refractivity contribution is 14.1. The molecule has 0 fully saturated rings. The van der Waals surface area contributed by atoms with Crippen LogP contribution in [0.3, 0.4) is 0 Å². The molecule has 0 aliphatic rings. The van der Waals surface area contributed by atoms with Crippen LogP contribution >= 0.6 is 34.2 Å². The fourth-order valence-corrected chi connectivity index (χ4v) is 2.63. The molecule has 2 rings (SSSR count). The first-order valence-electron chi connectivity index (χ1n) is 6.41. The molecule has 0 radical (unpaired) electrons. The van der Waals surface area contributed by atoms with E-state index in [4.69, 9.17) is 16.0 Å². The van der Waals surface area contributed by atoms with Gasteiger partial charge in [-0.15, -0.1) is 0 Å². The molecule has 4 heteroatoms. The van der Waals surface area contributed by atoms with Gasteiger partial charge in [-0.2, -0.15) is 0 Å². The maximum atomic E-state index is 6.10. The molecule has 0 saturated heterocycles. The average Bonchev–Trinajstić information content (AvgIpc) is 2.83. The van der Waals surface area contributed by atoms with Crippen molar-refractivity contribution in [3.05, 3.63) is 56.5 Å². The summed E-state index contributed by atoms with van der Waals surface area (Å²) in [5.41, 5.74) is 2.33. The quantitative estimate of drug-likeness (QED) is 0.717. The third kappa shape index (κ3) is 4.23. The number of furan rings is 1. The van der Waals surface area contributed by atoms with Gasteiger partial charge in [0.1, 0.15) is 0 Å². The van der Waals surface area contributed by atoms with E-state index in [1.54, 1.807) is 6.26 Å². The predicted molar refractivity (Wildman–Crippen MR) is 87.6 cm³/mol. The van der Waals surface area contributed by atoms with Gasteiger partial charge in [-0.3, -0.25) is 0 Å². The van der Waals surface area contributed by atoms with Crippen LogP contribution in [0.4, 0.5) is 0 Å². The lowest BCUT2D eigenvalue weighted by Crippen LogP contribution is -2.24. The van der Waals surface area contributed by atoms with Gasteiger partial charge in [0.2, 0.25) is 0 Å². The van der Waals surface area contributed by atoms with E-state index in [-0.39, 0.29) is 6.04 Å². The van der Waals surface area contributed by atoms with Gasteiger partial charge in [0.15, 0.2) is 5.22 Å². The second-order valence-electron chi connectivity index (χ2n) is 4.49. The van der Waals surface area contributed by atoms with E-state index in [0.717, 1.165) is 24.9 Å². The topological polar surface area (TPSA) is 25.2 Å². The van der Waals surface area contributed by atoms with Gasteiger partial charge in [-0.05, 0) is 77.3 Å². The van der Waals surface area contributed by atoms with Crippen molar-refractivity contribution in [3.8, 4) is 0 Å². The van der Waals surface area contributed by atoms with Crippen molar-refractivity contribution in [1.29, 1.82) is 0 Å². The highest BCUT2D eigenvalue weighted by Crippen LogP contribution is 2.27. The molecular formula is C15H17ClINO. The van der Waals surface area contributed by atoms with Gasteiger partial charge in [0.05, 0.1) is 6.26 Å². The summed E-state index contributed by atoms with van der Waals surface area (Å²) in [5.74, 6) is 0. The fraction of sp³-hybridized carbons (Fsp3) is 0.333. The van der Waals surface area contributed by atoms with Gasteiger partial charge in [-0.25, -0.2) is 0 Å². The molecule has 0 amide bonds. The molecule has 0 aliphatic carbocycles. The van der Waals surface area contributed by atoms with Crippen molar-refractivity contribution in [2.45, 2.75) is 25.8 Å². The van der Waals surface area contributed by atoms with Crippen LogP contribution < -0.4 is 5.32 Å². The Labute approximate surface area is 132 Å². The Morgan fingerprint density at radius 2 is 2.00 bits per heavy atom. The Balaban J connectivity index is 2.14. The summed E-state index contributed by atoms with van der Waals surface area (Å²) >= 11 is 8.41. The zero-order chi connectivity index (χ0) is 13.7. The van der Waals surface area contributed by atoms with Crippen molar-refractivity contribution < 1.29 is 4.42 Å². The Morgan fingerprint density at radius 1 is 1.26 bits per heavy atom. The minimum absolute atomic E-state index is 0.200. The zero-order valence-electron chi connectivity index (χ0n) is 10.8. The molecule has 1 heterocycles. The molecule has 1 N–H and O–H groups in total. The lowest BCUT2D eigenvalue weighted by atomic mass is 10.0. The van der Waals surface area contributed by atoms with E-state index >= 15 is 0 Å². The smallest absolute Gasteiger partial charge is 0.197 e. The van der Waals surface area contributed by atoms with Crippen molar-refractivity contribution in [2.75, 3.05) is 6.54 Å². The molecule has 1 atom stereocenters. The van der Waals surface area contributed by atoms with Crippen molar-refractivity contribution in [1.82, 2.24) is 5.32 Å². The van der Waals surface area contributed by atoms with Crippen LogP contribution in [-0.2, 0) is 6.42 Å². The molecule has 0 spiro atoms. The molecule has 0 saturated carbocycles. The van der Waals surface area contributed by atoms with Crippen LogP contribution in [0.2, 0.25) is 5.22 Å². The maximum absolute atomic E-state index is 6.10. The Hall–Kier alpha value is -0.520. The van der Waals surface area contributed by atoms with E-state index in [0.29, 0.717) is 5.22 Å². The Bertz CT molecular complexity index is 509. The number of halogens is 2. The molecule has 2 aromatic rings. The number of hydrogen-bond acceptors (Lipinski definition) is 2. The van der Waals surface area contributed by atoms with Gasteiger partial charge in [0.25, 0.3) is 0 Å². The minimum atomic E-state index is 0.200. The molecule has 1 unspecified atom stereocenters. The highest BCUT2D eigenvalue weighted by Gasteiger charge is 2.16. The first-order chi connectivity index (χ1) is 9.20. The monoisotopic (exact) mass is 389 g/mol. The minimum Gasteiger partial charge on any atom is -0.453 e. The zero-order valence-corrected chi connectivity index (χ0v) is 13.7. The summed E-state index contributed by atoms with van der Waals surface area (Å²) in [6.07, 6.45) is 3.65. The normalized spacial score (nSPS) is 12.6. The van der Waals surface area contributed by atoms with Crippen molar-refractivity contribution in [2.24, 2.45) is 0 Å². The van der Waals surface area contributed by atoms with Crippen LogP contribution in [0, 0.1) is 3.57 Å². The second-order valence-corrected chi connectivity index (χ2v) is 6.08. The lowest BCUT2D eigenvalue weighted by molar-refractivity contribution is 0.513. The predicted octanol–water partition coefficient (Wildman–Crippen LogP) is 4.82. The Morgan fingerprint density at radius 3 is 2.58 bits per heavy atom. The number of nitrogens with one attached hydrogen (secondary N) is 1. The first-order valence-corrected chi connectivity index (χ1v) is 7.87. The molecular weight excluding hydrogens is 373 g/mol. The summed E-state index contributed by atoms with van der Waals surface area (Å²) in [6.45, 7) is 3.13. The second kappa shape index (κ2) is 7.31. The van der Waals surface area contributed by atoms with Crippen LogP contribution in [0.5, 0.6) is 0 Å². The van der Waals surface area contributed by atoms with Crippen molar-refractivity contribution >= 4 is 34.2 Å². The van der Waals surface area contributed by atoms with Crippen LogP contribution in [0.1, 0.15) is 30.5 Å². The molecule has 2 nitrogen and oxygen atoms in total. The van der Waals surface area contributed by atoms with Crippen LogP contribution in [0.15, 0.2) is 41.0 Å². The maximum Gasteiger partial charge on any atom is 0.197 e. The van der Waals surface area contributed by atoms with Crippen LogP contribution in [-0.4, -0.2) is 6.54 Å². The van der Waals surface area contributed by atoms with Gasteiger partial charge >= 0.3 is 0 Å². The molecule has 102 valence electrons. The fourth-order valence-electron chi connectivity index (χ4n) is 2.02. The standard InChI is InChI=1S/C15H17ClINO/c1-2-8-18-14(13-7-9-19-15(13)16)10-11-3-5-12(17)6-4-11/h3-7,9,14,18H,2,8,10H2,1H3. The summed E-state index contributed by atoms with van der Waals surface area (Å²) in [7, 11) is 0. The number of benzene rings is 1. The molecule has 1 aromatic carbocycles. The Kier molecular flexibility index (Phi) is 5.73. The van der Waals surface area contributed by atoms with E-state index in [2.05, 4.69) is 59.1 Å². The average molecular weight is 390 g/mol. The van der Waals surface area contributed by atoms with E-state index in [9.17, 15) is 0 Å². The van der Waals surface area contributed by atoms with Crippen molar-refractivity contribution in [3.63, 3.8) is 0 Å². The van der Waals surface area contributed by atoms with E-state index < -0.39 is 0 Å². The molecule has 1 aromatic heterocycles. The summed E-state index contributed by atoms with van der Waals surface area (Å²) in [5, 5.41) is 4.01. The SMILES string of the molecule is CCCNC(Cc1ccc(I)cc1)c1ccoc1Cl. The number of rotatable bonds is 6. The largest absolute Gasteiger partial charge is 0.453 e. The summed E-state index contributed by atoms with van der Waals surface area (Å²) < 4.78 is 6.46. The third-order valence-corrected chi connectivity index (χ3v) is 4.04. The van der Waals surface area contributed by atoms with Gasteiger partial charge in [-0.1, -0.05) is 19.1 Å². The molecule has 19 heavy (non-hydrogen) atoms.